The summed E-state index contributed by atoms with van der Waals surface area (Å²) in [5, 5.41) is 9.12. The van der Waals surface area contributed by atoms with Gasteiger partial charge in [-0.15, -0.1) is 0 Å². The van der Waals surface area contributed by atoms with Crippen LogP contribution in [-0.4, -0.2) is 35.3 Å². The van der Waals surface area contributed by atoms with E-state index in [2.05, 4.69) is 0 Å². The minimum Gasteiger partial charge on any atom is -0.395 e. The van der Waals surface area contributed by atoms with E-state index in [1.807, 2.05) is 6.92 Å². The first-order valence-electron chi connectivity index (χ1n) is 3.88. The molecule has 0 aliphatic heterocycles. The lowest BCUT2D eigenvalue weighted by molar-refractivity contribution is 0.291. The van der Waals surface area contributed by atoms with Gasteiger partial charge in [-0.2, -0.15) is 11.8 Å². The Morgan fingerprint density at radius 3 is 2.55 bits per heavy atom. The van der Waals surface area contributed by atoms with Crippen molar-refractivity contribution >= 4 is 11.8 Å². The van der Waals surface area contributed by atoms with E-state index in [1.54, 1.807) is 11.8 Å². The molecule has 68 valence electrons. The molecule has 0 amide bonds. The second kappa shape index (κ2) is 6.91. The normalized spacial score (nSPS) is 16.4. The molecule has 0 heterocycles. The molecular weight excluding hydrogens is 160 g/mol. The van der Waals surface area contributed by atoms with Gasteiger partial charge < -0.3 is 16.6 Å². The summed E-state index contributed by atoms with van der Waals surface area (Å²) in [6, 6.07) is 0.201. The summed E-state index contributed by atoms with van der Waals surface area (Å²) in [5.41, 5.74) is 10.9. The lowest BCUT2D eigenvalue weighted by Gasteiger charge is -2.13. The van der Waals surface area contributed by atoms with E-state index in [-0.39, 0.29) is 17.9 Å². The molecule has 0 fully saturated rings. The number of hydrogen-bond acceptors (Lipinski definition) is 4. The van der Waals surface area contributed by atoms with Gasteiger partial charge >= 0.3 is 0 Å². The average molecular weight is 178 g/mol. The number of thioether (sulfide) groups is 1. The van der Waals surface area contributed by atoms with Crippen molar-refractivity contribution < 1.29 is 5.11 Å². The van der Waals surface area contributed by atoms with Crippen molar-refractivity contribution in [3.05, 3.63) is 0 Å². The summed E-state index contributed by atoms with van der Waals surface area (Å²) in [5.74, 6) is 0.894. The predicted octanol–water partition coefficient (Wildman–Crippen LogP) is -0.223. The summed E-state index contributed by atoms with van der Waals surface area (Å²) >= 11 is 1.70. The Balaban J connectivity index is 3.35. The van der Waals surface area contributed by atoms with Crippen molar-refractivity contribution in [3.8, 4) is 0 Å². The van der Waals surface area contributed by atoms with Crippen molar-refractivity contribution in [2.75, 3.05) is 18.9 Å². The molecule has 0 aromatic carbocycles. The molecule has 0 radical (unpaired) electrons. The van der Waals surface area contributed by atoms with Crippen LogP contribution in [0.25, 0.3) is 0 Å². The maximum Gasteiger partial charge on any atom is 0.0550 e. The smallest absolute Gasteiger partial charge is 0.0550 e. The van der Waals surface area contributed by atoms with Gasteiger partial charge in [0.15, 0.2) is 0 Å². The molecule has 0 saturated heterocycles. The Kier molecular flexibility index (Phi) is 7.06. The van der Waals surface area contributed by atoms with Gasteiger partial charge in [-0.1, -0.05) is 0 Å². The fourth-order valence-electron chi connectivity index (χ4n) is 0.701. The standard InChI is InChI=1S/C7H18N2OS/c1-6(9)5-11-7(4-10)2-3-8/h6-7,10H,2-5,8-9H2,1H3. The number of aliphatic hydroxyl groups excluding tert-OH is 1. The molecule has 5 N–H and O–H groups in total. The molecule has 2 unspecified atom stereocenters. The van der Waals surface area contributed by atoms with Gasteiger partial charge in [-0.05, 0) is 19.9 Å². The van der Waals surface area contributed by atoms with Crippen LogP contribution >= 0.6 is 11.8 Å². The second-order valence-electron chi connectivity index (χ2n) is 2.69. The molecule has 3 nitrogen and oxygen atoms in total. The summed E-state index contributed by atoms with van der Waals surface area (Å²) < 4.78 is 0. The quantitative estimate of drug-likeness (QED) is 0.525. The summed E-state index contributed by atoms with van der Waals surface area (Å²) in [6.45, 7) is 2.80. The third-order valence-corrected chi connectivity index (χ3v) is 2.86. The van der Waals surface area contributed by atoms with Crippen LogP contribution in [0, 0.1) is 0 Å². The van der Waals surface area contributed by atoms with E-state index in [0.29, 0.717) is 6.54 Å². The SMILES string of the molecule is CC(N)CSC(CO)CCN. The van der Waals surface area contributed by atoms with Crippen LogP contribution in [0.1, 0.15) is 13.3 Å². The van der Waals surface area contributed by atoms with Gasteiger partial charge in [0.1, 0.15) is 0 Å². The van der Waals surface area contributed by atoms with E-state index in [4.69, 9.17) is 16.6 Å². The van der Waals surface area contributed by atoms with E-state index in [1.165, 1.54) is 0 Å². The van der Waals surface area contributed by atoms with Gasteiger partial charge in [0.2, 0.25) is 0 Å². The van der Waals surface area contributed by atoms with Gasteiger partial charge in [0.25, 0.3) is 0 Å². The molecule has 4 heteroatoms. The predicted molar refractivity (Wildman–Crippen MR) is 50.7 cm³/mol. The largest absolute Gasteiger partial charge is 0.395 e. The zero-order valence-electron chi connectivity index (χ0n) is 6.99. The van der Waals surface area contributed by atoms with Crippen LogP contribution in [0.3, 0.4) is 0 Å². The van der Waals surface area contributed by atoms with Crippen molar-refractivity contribution in [2.24, 2.45) is 11.5 Å². The molecule has 2 atom stereocenters. The Hall–Kier alpha value is 0.230. The van der Waals surface area contributed by atoms with Gasteiger partial charge in [-0.25, -0.2) is 0 Å². The third-order valence-electron chi connectivity index (χ3n) is 1.29. The van der Waals surface area contributed by atoms with Gasteiger partial charge in [0.05, 0.1) is 6.61 Å². The van der Waals surface area contributed by atoms with Crippen LogP contribution in [0.2, 0.25) is 0 Å². The first-order chi connectivity index (χ1) is 5.20. The van der Waals surface area contributed by atoms with Crippen LogP contribution in [-0.2, 0) is 0 Å². The van der Waals surface area contributed by atoms with Gasteiger partial charge in [-0.3, -0.25) is 0 Å². The molecule has 0 spiro atoms. The third kappa shape index (κ3) is 6.62. The zero-order chi connectivity index (χ0) is 8.69. The molecule has 0 bridgehead atoms. The highest BCUT2D eigenvalue weighted by atomic mass is 32.2. The Morgan fingerprint density at radius 2 is 2.18 bits per heavy atom. The van der Waals surface area contributed by atoms with Crippen LogP contribution in [0.15, 0.2) is 0 Å². The molecule has 0 aliphatic rings. The number of rotatable bonds is 6. The zero-order valence-corrected chi connectivity index (χ0v) is 7.81. The average Bonchev–Trinajstić information content (AvgIpc) is 1.97. The van der Waals surface area contributed by atoms with E-state index < -0.39 is 0 Å². The fourth-order valence-corrected chi connectivity index (χ4v) is 1.68. The maximum atomic E-state index is 8.85. The van der Waals surface area contributed by atoms with Crippen LogP contribution in [0.4, 0.5) is 0 Å². The minimum atomic E-state index is 0.201. The van der Waals surface area contributed by atoms with E-state index >= 15 is 0 Å². The van der Waals surface area contributed by atoms with Crippen LogP contribution in [0.5, 0.6) is 0 Å². The van der Waals surface area contributed by atoms with E-state index in [9.17, 15) is 0 Å². The molecular formula is C7H18N2OS. The monoisotopic (exact) mass is 178 g/mol. The number of nitrogens with two attached hydrogens (primary N) is 2. The fraction of sp³-hybridized carbons (Fsp3) is 1.00. The summed E-state index contributed by atoms with van der Waals surface area (Å²) in [4.78, 5) is 0. The molecule has 11 heavy (non-hydrogen) atoms. The minimum absolute atomic E-state index is 0.201. The molecule has 0 rings (SSSR count). The highest BCUT2D eigenvalue weighted by Crippen LogP contribution is 2.13. The lowest BCUT2D eigenvalue weighted by atomic mass is 10.3. The Bertz CT molecular complexity index is 90.5. The Labute approximate surface area is 72.5 Å². The number of aliphatic hydroxyl groups is 1. The molecule has 0 aromatic heterocycles. The van der Waals surface area contributed by atoms with Crippen LogP contribution < -0.4 is 11.5 Å². The summed E-state index contributed by atoms with van der Waals surface area (Å²) in [7, 11) is 0. The van der Waals surface area contributed by atoms with E-state index in [0.717, 1.165) is 12.2 Å². The second-order valence-corrected chi connectivity index (χ2v) is 4.03. The number of hydrogen-bond donors (Lipinski definition) is 3. The molecule has 0 aliphatic carbocycles. The molecule has 0 aromatic rings. The van der Waals surface area contributed by atoms with Crippen molar-refractivity contribution in [2.45, 2.75) is 24.6 Å². The molecule has 0 saturated carbocycles. The van der Waals surface area contributed by atoms with Crippen molar-refractivity contribution in [3.63, 3.8) is 0 Å². The van der Waals surface area contributed by atoms with Crippen molar-refractivity contribution in [1.29, 1.82) is 0 Å². The van der Waals surface area contributed by atoms with Crippen molar-refractivity contribution in [1.82, 2.24) is 0 Å². The lowest BCUT2D eigenvalue weighted by Crippen LogP contribution is -2.22. The summed E-state index contributed by atoms with van der Waals surface area (Å²) in [6.07, 6.45) is 0.869. The highest BCUT2D eigenvalue weighted by molar-refractivity contribution is 7.99. The first-order valence-corrected chi connectivity index (χ1v) is 4.93. The first kappa shape index (κ1) is 11.2. The maximum absolute atomic E-state index is 8.85. The Morgan fingerprint density at radius 1 is 1.55 bits per heavy atom. The topological polar surface area (TPSA) is 72.3 Å². The highest BCUT2D eigenvalue weighted by Gasteiger charge is 2.07. The van der Waals surface area contributed by atoms with Gasteiger partial charge in [0, 0.05) is 17.0 Å².